The summed E-state index contributed by atoms with van der Waals surface area (Å²) >= 11 is 0. The van der Waals surface area contributed by atoms with Gasteiger partial charge in [0.05, 0.1) is 17.4 Å². The number of nitrogens with zero attached hydrogens (tertiary/aromatic N) is 1. The van der Waals surface area contributed by atoms with Crippen molar-refractivity contribution >= 4 is 11.0 Å². The molecule has 2 heteroatoms. The molecule has 2 nitrogen and oxygen atoms in total. The van der Waals surface area contributed by atoms with E-state index in [-0.39, 0.29) is 0 Å². The molecule has 0 aliphatic carbocycles. The average molecular weight is 343 g/mol. The van der Waals surface area contributed by atoms with Gasteiger partial charge in [-0.2, -0.15) is 0 Å². The Morgan fingerprint density at radius 3 is 1.80 bits per heavy atom. The number of rotatable bonds is 14. The summed E-state index contributed by atoms with van der Waals surface area (Å²) in [6, 6.07) is 4.70. The van der Waals surface area contributed by atoms with Crippen LogP contribution < -0.4 is 0 Å². The number of hydrogen-bond acceptors (Lipinski definition) is 1. The molecular weight excluding hydrogens is 304 g/mol. The van der Waals surface area contributed by atoms with Crippen molar-refractivity contribution in [3.05, 3.63) is 29.6 Å². The average Bonchev–Trinajstić information content (AvgIpc) is 3.08. The Morgan fingerprint density at radius 1 is 0.680 bits per heavy atom. The molecule has 0 bridgehead atoms. The fraction of sp³-hybridized carbons (Fsp3) is 0.696. The number of aromatic amines is 1. The van der Waals surface area contributed by atoms with E-state index in [9.17, 15) is 0 Å². The van der Waals surface area contributed by atoms with Crippen LogP contribution in [0.3, 0.4) is 0 Å². The Labute approximate surface area is 154 Å². The molecule has 1 aromatic carbocycles. The third kappa shape index (κ3) is 7.22. The Balaban J connectivity index is 1.84. The van der Waals surface area contributed by atoms with Crippen LogP contribution in [-0.4, -0.2) is 9.97 Å². The molecule has 0 fully saturated rings. The highest BCUT2D eigenvalue weighted by molar-refractivity contribution is 5.76. The van der Waals surface area contributed by atoms with Gasteiger partial charge in [-0.05, 0) is 48.9 Å². The van der Waals surface area contributed by atoms with Crippen LogP contribution in [0.2, 0.25) is 0 Å². The number of unbranched alkanes of at least 4 members (excludes halogenated alkanes) is 10. The molecule has 0 unspecified atom stereocenters. The van der Waals surface area contributed by atoms with Crippen LogP contribution in [0.25, 0.3) is 11.0 Å². The summed E-state index contributed by atoms with van der Waals surface area (Å²) in [6.45, 7) is 4.57. The predicted molar refractivity (Wildman–Crippen MR) is 110 cm³/mol. The van der Waals surface area contributed by atoms with E-state index in [2.05, 4.69) is 35.9 Å². The van der Waals surface area contributed by atoms with Crippen molar-refractivity contribution in [1.82, 2.24) is 9.97 Å². The SMILES string of the molecule is CCCCCCCCc1cc2nc[nH]c2cc1CCCCCCCC. The van der Waals surface area contributed by atoms with Crippen molar-refractivity contribution in [3.63, 3.8) is 0 Å². The number of fused-ring (bicyclic) bond motifs is 1. The molecule has 2 aromatic rings. The largest absolute Gasteiger partial charge is 0.345 e. The molecule has 0 saturated heterocycles. The van der Waals surface area contributed by atoms with Gasteiger partial charge in [0, 0.05) is 0 Å². The van der Waals surface area contributed by atoms with Gasteiger partial charge in [0.25, 0.3) is 0 Å². The maximum atomic E-state index is 4.46. The standard InChI is InChI=1S/C23H38N2/c1-3-5-7-9-11-13-15-20-17-22-23(25-19-24-22)18-21(20)16-14-12-10-8-6-4-2/h17-19H,3-16H2,1-2H3,(H,24,25). The van der Waals surface area contributed by atoms with Gasteiger partial charge in [-0.15, -0.1) is 0 Å². The third-order valence-electron chi connectivity index (χ3n) is 5.34. The van der Waals surface area contributed by atoms with Gasteiger partial charge in [-0.1, -0.05) is 78.1 Å². The van der Waals surface area contributed by atoms with Crippen molar-refractivity contribution < 1.29 is 0 Å². The first kappa shape index (κ1) is 20.0. The zero-order valence-electron chi connectivity index (χ0n) is 16.6. The van der Waals surface area contributed by atoms with Gasteiger partial charge in [0.15, 0.2) is 0 Å². The molecule has 0 aliphatic rings. The van der Waals surface area contributed by atoms with E-state index in [4.69, 9.17) is 0 Å². The normalized spacial score (nSPS) is 11.4. The summed E-state index contributed by atoms with van der Waals surface area (Å²) in [7, 11) is 0. The lowest BCUT2D eigenvalue weighted by atomic mass is 9.95. The quantitative estimate of drug-likeness (QED) is 0.357. The molecule has 0 saturated carbocycles. The second-order valence-electron chi connectivity index (χ2n) is 7.58. The summed E-state index contributed by atoms with van der Waals surface area (Å²) in [6.07, 6.45) is 20.7. The van der Waals surface area contributed by atoms with E-state index in [1.54, 1.807) is 11.1 Å². The minimum Gasteiger partial charge on any atom is -0.345 e. The van der Waals surface area contributed by atoms with Crippen molar-refractivity contribution in [1.29, 1.82) is 0 Å². The van der Waals surface area contributed by atoms with Gasteiger partial charge in [0.1, 0.15) is 0 Å². The van der Waals surface area contributed by atoms with Crippen LogP contribution in [0, 0.1) is 0 Å². The van der Waals surface area contributed by atoms with E-state index < -0.39 is 0 Å². The number of H-pyrrole nitrogens is 1. The van der Waals surface area contributed by atoms with E-state index in [0.29, 0.717) is 0 Å². The summed E-state index contributed by atoms with van der Waals surface area (Å²) in [5.74, 6) is 0. The highest BCUT2D eigenvalue weighted by Crippen LogP contribution is 2.22. The minimum atomic E-state index is 1.13. The number of nitrogens with one attached hydrogen (secondary N) is 1. The fourth-order valence-electron chi connectivity index (χ4n) is 3.73. The second-order valence-corrected chi connectivity index (χ2v) is 7.58. The third-order valence-corrected chi connectivity index (χ3v) is 5.34. The lowest BCUT2D eigenvalue weighted by Crippen LogP contribution is -1.96. The fourth-order valence-corrected chi connectivity index (χ4v) is 3.73. The maximum absolute atomic E-state index is 4.46. The summed E-state index contributed by atoms with van der Waals surface area (Å²) < 4.78 is 0. The molecule has 140 valence electrons. The minimum absolute atomic E-state index is 1.13. The van der Waals surface area contributed by atoms with Crippen LogP contribution in [0.4, 0.5) is 0 Å². The van der Waals surface area contributed by atoms with Crippen molar-refractivity contribution in [3.8, 4) is 0 Å². The summed E-state index contributed by atoms with van der Waals surface area (Å²) in [5.41, 5.74) is 5.44. The summed E-state index contributed by atoms with van der Waals surface area (Å²) in [4.78, 5) is 7.75. The molecule has 0 spiro atoms. The van der Waals surface area contributed by atoms with Gasteiger partial charge >= 0.3 is 0 Å². The zero-order chi connectivity index (χ0) is 17.7. The van der Waals surface area contributed by atoms with Crippen LogP contribution in [-0.2, 0) is 12.8 Å². The first-order valence-corrected chi connectivity index (χ1v) is 10.8. The molecule has 0 atom stereocenters. The van der Waals surface area contributed by atoms with E-state index in [1.807, 2.05) is 6.33 Å². The zero-order valence-corrected chi connectivity index (χ0v) is 16.6. The van der Waals surface area contributed by atoms with E-state index in [0.717, 1.165) is 5.52 Å². The van der Waals surface area contributed by atoms with Crippen LogP contribution in [0.15, 0.2) is 18.5 Å². The topological polar surface area (TPSA) is 28.7 Å². The molecule has 1 heterocycles. The Morgan fingerprint density at radius 2 is 1.20 bits per heavy atom. The number of aryl methyl sites for hydroxylation is 2. The van der Waals surface area contributed by atoms with E-state index >= 15 is 0 Å². The predicted octanol–water partition coefficient (Wildman–Crippen LogP) is 7.37. The van der Waals surface area contributed by atoms with Crippen LogP contribution >= 0.6 is 0 Å². The van der Waals surface area contributed by atoms with Crippen LogP contribution in [0.1, 0.15) is 102 Å². The molecular formula is C23H38N2. The van der Waals surface area contributed by atoms with Gasteiger partial charge in [0.2, 0.25) is 0 Å². The van der Waals surface area contributed by atoms with Crippen molar-refractivity contribution in [2.24, 2.45) is 0 Å². The first-order valence-electron chi connectivity index (χ1n) is 10.8. The Hall–Kier alpha value is -1.31. The Kier molecular flexibility index (Phi) is 9.69. The molecule has 0 radical (unpaired) electrons. The highest BCUT2D eigenvalue weighted by Gasteiger charge is 2.07. The first-order chi connectivity index (χ1) is 12.3. The molecule has 0 aliphatic heterocycles. The summed E-state index contributed by atoms with van der Waals surface area (Å²) in [5, 5.41) is 0. The van der Waals surface area contributed by atoms with E-state index in [1.165, 1.54) is 95.4 Å². The molecule has 0 amide bonds. The van der Waals surface area contributed by atoms with Gasteiger partial charge in [-0.3, -0.25) is 0 Å². The highest BCUT2D eigenvalue weighted by atomic mass is 14.9. The van der Waals surface area contributed by atoms with Crippen molar-refractivity contribution in [2.45, 2.75) is 104 Å². The monoisotopic (exact) mass is 342 g/mol. The number of aromatic nitrogens is 2. The number of hydrogen-bond donors (Lipinski definition) is 1. The van der Waals surface area contributed by atoms with Gasteiger partial charge in [-0.25, -0.2) is 4.98 Å². The molecule has 25 heavy (non-hydrogen) atoms. The lowest BCUT2D eigenvalue weighted by molar-refractivity contribution is 0.599. The maximum Gasteiger partial charge on any atom is 0.0931 e. The molecule has 1 N–H and O–H groups in total. The second kappa shape index (κ2) is 12.1. The van der Waals surface area contributed by atoms with Gasteiger partial charge < -0.3 is 4.98 Å². The lowest BCUT2D eigenvalue weighted by Gasteiger charge is -2.10. The molecule has 1 aromatic heterocycles. The Bertz CT molecular complexity index is 535. The smallest absolute Gasteiger partial charge is 0.0931 e. The van der Waals surface area contributed by atoms with Crippen LogP contribution in [0.5, 0.6) is 0 Å². The number of imidazole rings is 1. The molecule has 2 rings (SSSR count). The number of benzene rings is 1. The van der Waals surface area contributed by atoms with Crippen molar-refractivity contribution in [2.75, 3.05) is 0 Å².